The summed E-state index contributed by atoms with van der Waals surface area (Å²) in [6, 6.07) is 6.53. The summed E-state index contributed by atoms with van der Waals surface area (Å²) in [5.41, 5.74) is 2.45. The molecule has 5 heteroatoms. The van der Waals surface area contributed by atoms with Crippen LogP contribution < -0.4 is 4.74 Å². The highest BCUT2D eigenvalue weighted by Gasteiger charge is 2.04. The summed E-state index contributed by atoms with van der Waals surface area (Å²) in [5.74, 6) is -0.358. The molecule has 0 atom stereocenters. The van der Waals surface area contributed by atoms with E-state index < -0.39 is 5.97 Å². The van der Waals surface area contributed by atoms with Crippen molar-refractivity contribution in [2.75, 3.05) is 6.61 Å². The average Bonchev–Trinajstić information content (AvgIpc) is 2.75. The van der Waals surface area contributed by atoms with Gasteiger partial charge in [-0.2, -0.15) is 0 Å². The first-order chi connectivity index (χ1) is 9.58. The lowest BCUT2D eigenvalue weighted by molar-refractivity contribution is 0.0696. The second kappa shape index (κ2) is 6.23. The van der Waals surface area contributed by atoms with Gasteiger partial charge in [-0.1, -0.05) is 6.07 Å². The van der Waals surface area contributed by atoms with E-state index in [1.807, 2.05) is 20.2 Å². The highest BCUT2D eigenvalue weighted by atomic mass is 16.5. The minimum absolute atomic E-state index is 0.239. The first-order valence-corrected chi connectivity index (χ1v) is 6.52. The number of aromatic nitrogens is 2. The molecule has 2 aromatic rings. The van der Waals surface area contributed by atoms with Crippen molar-refractivity contribution in [1.82, 2.24) is 9.55 Å². The second-order valence-corrected chi connectivity index (χ2v) is 4.64. The zero-order valence-corrected chi connectivity index (χ0v) is 11.7. The first-order valence-electron chi connectivity index (χ1n) is 6.52. The van der Waals surface area contributed by atoms with E-state index in [0.717, 1.165) is 24.4 Å². The van der Waals surface area contributed by atoms with Gasteiger partial charge >= 0.3 is 5.97 Å². The van der Waals surface area contributed by atoms with Crippen LogP contribution in [0.3, 0.4) is 0 Å². The molecule has 1 heterocycles. The van der Waals surface area contributed by atoms with Crippen molar-refractivity contribution < 1.29 is 14.6 Å². The normalized spacial score (nSPS) is 10.5. The van der Waals surface area contributed by atoms with E-state index >= 15 is 0 Å². The van der Waals surface area contributed by atoms with Crippen LogP contribution in [-0.4, -0.2) is 27.2 Å². The van der Waals surface area contributed by atoms with Gasteiger partial charge in [-0.05, 0) is 38.5 Å². The molecule has 0 aliphatic heterocycles. The zero-order valence-electron chi connectivity index (χ0n) is 11.7. The summed E-state index contributed by atoms with van der Waals surface area (Å²) >= 11 is 0. The smallest absolute Gasteiger partial charge is 0.335 e. The third-order valence-corrected chi connectivity index (χ3v) is 3.24. The number of carboxylic acids is 1. The maximum atomic E-state index is 10.8. The Morgan fingerprint density at radius 2 is 2.20 bits per heavy atom. The van der Waals surface area contributed by atoms with Crippen molar-refractivity contribution >= 4 is 5.97 Å². The molecule has 0 unspecified atom stereocenters. The van der Waals surface area contributed by atoms with Gasteiger partial charge in [0.25, 0.3) is 0 Å². The largest absolute Gasteiger partial charge is 0.494 e. The van der Waals surface area contributed by atoms with Gasteiger partial charge in [0, 0.05) is 12.2 Å². The number of benzene rings is 1. The van der Waals surface area contributed by atoms with Gasteiger partial charge in [0.05, 0.1) is 24.2 Å². The van der Waals surface area contributed by atoms with Crippen molar-refractivity contribution in [3.63, 3.8) is 0 Å². The molecule has 0 saturated heterocycles. The van der Waals surface area contributed by atoms with Crippen LogP contribution in [-0.2, 0) is 6.54 Å². The molecule has 0 spiro atoms. The molecule has 0 bridgehead atoms. The summed E-state index contributed by atoms with van der Waals surface area (Å²) in [4.78, 5) is 15.1. The summed E-state index contributed by atoms with van der Waals surface area (Å²) in [7, 11) is 0. The monoisotopic (exact) mass is 274 g/mol. The van der Waals surface area contributed by atoms with Gasteiger partial charge in [0.2, 0.25) is 0 Å². The van der Waals surface area contributed by atoms with Crippen LogP contribution in [0.25, 0.3) is 0 Å². The van der Waals surface area contributed by atoms with Gasteiger partial charge in [0.15, 0.2) is 0 Å². The van der Waals surface area contributed by atoms with Crippen LogP contribution in [0.4, 0.5) is 0 Å². The molecule has 0 aliphatic carbocycles. The van der Waals surface area contributed by atoms with E-state index in [4.69, 9.17) is 9.84 Å². The highest BCUT2D eigenvalue weighted by Crippen LogP contribution is 2.14. The van der Waals surface area contributed by atoms with Crippen molar-refractivity contribution in [2.24, 2.45) is 0 Å². The minimum atomic E-state index is -0.944. The number of aromatic carboxylic acids is 1. The van der Waals surface area contributed by atoms with E-state index in [0.29, 0.717) is 12.4 Å². The van der Waals surface area contributed by atoms with E-state index in [9.17, 15) is 4.79 Å². The zero-order chi connectivity index (χ0) is 14.5. The second-order valence-electron chi connectivity index (χ2n) is 4.64. The summed E-state index contributed by atoms with van der Waals surface area (Å²) in [6.45, 7) is 5.41. The molecular weight excluding hydrogens is 256 g/mol. The average molecular weight is 274 g/mol. The number of carboxylic acid groups (broad SMARTS) is 1. The Hall–Kier alpha value is -2.30. The number of rotatable bonds is 6. The number of ether oxygens (including phenoxy) is 1. The topological polar surface area (TPSA) is 64.4 Å². The fourth-order valence-electron chi connectivity index (χ4n) is 1.91. The Morgan fingerprint density at radius 3 is 2.85 bits per heavy atom. The lowest BCUT2D eigenvalue weighted by Crippen LogP contribution is -2.05. The Bertz CT molecular complexity index is 605. The van der Waals surface area contributed by atoms with Crippen molar-refractivity contribution in [2.45, 2.75) is 26.8 Å². The van der Waals surface area contributed by atoms with Crippen molar-refractivity contribution in [1.29, 1.82) is 0 Å². The third kappa shape index (κ3) is 3.38. The minimum Gasteiger partial charge on any atom is -0.494 e. The molecule has 20 heavy (non-hydrogen) atoms. The van der Waals surface area contributed by atoms with Crippen LogP contribution >= 0.6 is 0 Å². The fraction of sp³-hybridized carbons (Fsp3) is 0.333. The fourth-order valence-corrected chi connectivity index (χ4v) is 1.91. The van der Waals surface area contributed by atoms with E-state index in [-0.39, 0.29) is 5.56 Å². The quantitative estimate of drug-likeness (QED) is 0.822. The van der Waals surface area contributed by atoms with Crippen molar-refractivity contribution in [3.8, 4) is 5.75 Å². The molecule has 1 N–H and O–H groups in total. The lowest BCUT2D eigenvalue weighted by atomic mass is 10.2. The summed E-state index contributed by atoms with van der Waals surface area (Å²) < 4.78 is 7.66. The maximum Gasteiger partial charge on any atom is 0.335 e. The van der Waals surface area contributed by atoms with Crippen LogP contribution in [0, 0.1) is 13.8 Å². The van der Waals surface area contributed by atoms with Gasteiger partial charge < -0.3 is 14.4 Å². The number of carbonyl (C=O) groups is 1. The van der Waals surface area contributed by atoms with Crippen LogP contribution in [0.5, 0.6) is 5.75 Å². The molecule has 0 aliphatic rings. The molecule has 106 valence electrons. The predicted octanol–water partition coefficient (Wildman–Crippen LogP) is 2.67. The van der Waals surface area contributed by atoms with Gasteiger partial charge in [-0.3, -0.25) is 0 Å². The molecule has 5 nitrogen and oxygen atoms in total. The molecule has 1 aromatic carbocycles. The van der Waals surface area contributed by atoms with Crippen LogP contribution in [0.2, 0.25) is 0 Å². The first kappa shape index (κ1) is 14.1. The molecular formula is C15H18N2O3. The van der Waals surface area contributed by atoms with Gasteiger partial charge in [0.1, 0.15) is 5.75 Å². The standard InChI is InChI=1S/C15H18N2O3/c1-11-12(2)17(10-16-11)7-4-8-20-14-6-3-5-13(9-14)15(18)19/h3,5-6,9-10H,4,7-8H2,1-2H3,(H,18,19). The number of hydrogen-bond acceptors (Lipinski definition) is 3. The lowest BCUT2D eigenvalue weighted by Gasteiger charge is -2.08. The maximum absolute atomic E-state index is 10.8. The third-order valence-electron chi connectivity index (χ3n) is 3.24. The number of nitrogens with zero attached hydrogens (tertiary/aromatic N) is 2. The number of aryl methyl sites for hydroxylation is 2. The van der Waals surface area contributed by atoms with Crippen LogP contribution in [0.1, 0.15) is 28.2 Å². The highest BCUT2D eigenvalue weighted by molar-refractivity contribution is 5.87. The van der Waals surface area contributed by atoms with Gasteiger partial charge in [-0.25, -0.2) is 9.78 Å². The van der Waals surface area contributed by atoms with E-state index in [2.05, 4.69) is 9.55 Å². The van der Waals surface area contributed by atoms with E-state index in [1.54, 1.807) is 18.2 Å². The number of imidazole rings is 1. The number of hydrogen-bond donors (Lipinski definition) is 1. The molecule has 2 rings (SSSR count). The summed E-state index contributed by atoms with van der Waals surface area (Å²) in [6.07, 6.45) is 2.67. The Balaban J connectivity index is 1.83. The SMILES string of the molecule is Cc1ncn(CCCOc2cccc(C(=O)O)c2)c1C. The molecule has 0 amide bonds. The van der Waals surface area contributed by atoms with E-state index in [1.165, 1.54) is 6.07 Å². The molecule has 0 saturated carbocycles. The van der Waals surface area contributed by atoms with Crippen molar-refractivity contribution in [3.05, 3.63) is 47.5 Å². The van der Waals surface area contributed by atoms with Crippen LogP contribution in [0.15, 0.2) is 30.6 Å². The molecule has 0 radical (unpaired) electrons. The predicted molar refractivity (Wildman–Crippen MR) is 75.2 cm³/mol. The Kier molecular flexibility index (Phi) is 4.40. The molecule has 0 fully saturated rings. The summed E-state index contributed by atoms with van der Waals surface area (Å²) in [5, 5.41) is 8.90. The Labute approximate surface area is 117 Å². The van der Waals surface area contributed by atoms with Gasteiger partial charge in [-0.15, -0.1) is 0 Å². The molecule has 1 aromatic heterocycles. The Morgan fingerprint density at radius 1 is 1.40 bits per heavy atom.